The second-order valence-corrected chi connectivity index (χ2v) is 9.75. The smallest absolute Gasteiger partial charge is 0.226 e. The molecule has 5 nitrogen and oxygen atoms in total. The minimum Gasteiger partial charge on any atom is -0.302 e. The van der Waals surface area contributed by atoms with Crippen molar-refractivity contribution in [2.75, 3.05) is 11.1 Å². The van der Waals surface area contributed by atoms with Crippen LogP contribution in [0.3, 0.4) is 0 Å². The van der Waals surface area contributed by atoms with Crippen molar-refractivity contribution in [1.29, 1.82) is 0 Å². The molecule has 1 aromatic heterocycles. The monoisotopic (exact) mass is 432 g/mol. The summed E-state index contributed by atoms with van der Waals surface area (Å²) in [5.74, 6) is -0.967. The number of carbonyl (C=O) groups excluding carboxylic acids is 1. The quantitative estimate of drug-likeness (QED) is 0.546. The van der Waals surface area contributed by atoms with Crippen molar-refractivity contribution in [1.82, 2.24) is 4.98 Å². The summed E-state index contributed by atoms with van der Waals surface area (Å²) in [6.07, 6.45) is 0.222. The van der Waals surface area contributed by atoms with E-state index in [9.17, 15) is 17.6 Å². The van der Waals surface area contributed by atoms with E-state index >= 15 is 0 Å². The molecular formula is C21H21FN2O3S2. The fraction of sp³-hybridized carbons (Fsp3) is 0.238. The van der Waals surface area contributed by atoms with Crippen LogP contribution in [0.25, 0.3) is 11.3 Å². The molecule has 0 aliphatic heterocycles. The zero-order valence-corrected chi connectivity index (χ0v) is 17.7. The first-order valence-corrected chi connectivity index (χ1v) is 11.6. The van der Waals surface area contributed by atoms with Gasteiger partial charge >= 0.3 is 0 Å². The first-order valence-electron chi connectivity index (χ1n) is 9.06. The van der Waals surface area contributed by atoms with Crippen LogP contribution >= 0.6 is 11.3 Å². The van der Waals surface area contributed by atoms with Gasteiger partial charge in [0.15, 0.2) is 15.0 Å². The Hall–Kier alpha value is -2.58. The summed E-state index contributed by atoms with van der Waals surface area (Å²) in [6, 6.07) is 10.8. The standard InChI is InChI=1S/C21H21FN2O3S2/c1-14-5-10-18(15(2)12-14)19-13-28-21(23-19)24-20(25)4-3-11-29(26,27)17-8-6-16(22)7-9-17/h5-10,12-13H,3-4,11H2,1-2H3,(H,23,24,25). The highest BCUT2D eigenvalue weighted by Crippen LogP contribution is 2.28. The van der Waals surface area contributed by atoms with Gasteiger partial charge in [-0.05, 0) is 50.1 Å². The van der Waals surface area contributed by atoms with E-state index in [4.69, 9.17) is 0 Å². The van der Waals surface area contributed by atoms with Crippen molar-refractivity contribution < 1.29 is 17.6 Å². The predicted octanol–water partition coefficient (Wildman–Crippen LogP) is 4.76. The van der Waals surface area contributed by atoms with Gasteiger partial charge in [0.05, 0.1) is 16.3 Å². The van der Waals surface area contributed by atoms with E-state index < -0.39 is 15.7 Å². The Morgan fingerprint density at radius 1 is 1.14 bits per heavy atom. The van der Waals surface area contributed by atoms with Gasteiger partial charge in [-0.2, -0.15) is 0 Å². The fourth-order valence-electron chi connectivity index (χ4n) is 2.92. The predicted molar refractivity (Wildman–Crippen MR) is 113 cm³/mol. The Kier molecular flexibility index (Phi) is 6.44. The zero-order chi connectivity index (χ0) is 21.0. The highest BCUT2D eigenvalue weighted by Gasteiger charge is 2.16. The molecular weight excluding hydrogens is 411 g/mol. The molecule has 0 aliphatic carbocycles. The number of rotatable bonds is 7. The second kappa shape index (κ2) is 8.84. The summed E-state index contributed by atoms with van der Waals surface area (Å²) in [5, 5.41) is 5.08. The lowest BCUT2D eigenvalue weighted by molar-refractivity contribution is -0.116. The topological polar surface area (TPSA) is 76.1 Å². The van der Waals surface area contributed by atoms with Gasteiger partial charge < -0.3 is 5.32 Å². The van der Waals surface area contributed by atoms with E-state index in [1.165, 1.54) is 29.0 Å². The first kappa shape index (κ1) is 21.1. The van der Waals surface area contributed by atoms with Crippen molar-refractivity contribution in [2.45, 2.75) is 31.6 Å². The molecule has 29 heavy (non-hydrogen) atoms. The highest BCUT2D eigenvalue weighted by atomic mass is 32.2. The molecule has 0 fully saturated rings. The SMILES string of the molecule is Cc1ccc(-c2csc(NC(=O)CCCS(=O)(=O)c3ccc(F)cc3)n2)c(C)c1. The van der Waals surface area contributed by atoms with Crippen LogP contribution in [-0.4, -0.2) is 25.1 Å². The molecule has 0 radical (unpaired) electrons. The number of halogens is 1. The van der Waals surface area contributed by atoms with E-state index in [2.05, 4.69) is 16.4 Å². The van der Waals surface area contributed by atoms with Crippen molar-refractivity contribution in [2.24, 2.45) is 0 Å². The lowest BCUT2D eigenvalue weighted by atomic mass is 10.0. The van der Waals surface area contributed by atoms with Crippen molar-refractivity contribution in [3.05, 3.63) is 64.8 Å². The van der Waals surface area contributed by atoms with Crippen LogP contribution in [-0.2, 0) is 14.6 Å². The largest absolute Gasteiger partial charge is 0.302 e. The van der Waals surface area contributed by atoms with Gasteiger partial charge in [-0.15, -0.1) is 11.3 Å². The lowest BCUT2D eigenvalue weighted by Crippen LogP contribution is -2.14. The molecule has 0 aliphatic rings. The molecule has 1 amide bonds. The molecule has 1 N–H and O–H groups in total. The second-order valence-electron chi connectivity index (χ2n) is 6.78. The summed E-state index contributed by atoms with van der Waals surface area (Å²) >= 11 is 1.33. The number of nitrogens with zero attached hydrogens (tertiary/aromatic N) is 1. The van der Waals surface area contributed by atoms with E-state index in [1.54, 1.807) is 0 Å². The Balaban J connectivity index is 1.55. The van der Waals surface area contributed by atoms with Gasteiger partial charge in [-0.1, -0.05) is 23.8 Å². The minimum absolute atomic E-state index is 0.0531. The van der Waals surface area contributed by atoms with Gasteiger partial charge in [0.25, 0.3) is 0 Å². The van der Waals surface area contributed by atoms with Gasteiger partial charge in [-0.3, -0.25) is 4.79 Å². The number of aromatic nitrogens is 1. The van der Waals surface area contributed by atoms with E-state index in [-0.39, 0.29) is 29.4 Å². The third kappa shape index (κ3) is 5.48. The lowest BCUT2D eigenvalue weighted by Gasteiger charge is -2.05. The van der Waals surface area contributed by atoms with Crippen LogP contribution in [0.2, 0.25) is 0 Å². The third-order valence-electron chi connectivity index (χ3n) is 4.40. The number of amides is 1. The maximum atomic E-state index is 12.9. The molecule has 0 unspecified atom stereocenters. The zero-order valence-electron chi connectivity index (χ0n) is 16.1. The summed E-state index contributed by atoms with van der Waals surface area (Å²) < 4.78 is 37.4. The highest BCUT2D eigenvalue weighted by molar-refractivity contribution is 7.91. The first-order chi connectivity index (χ1) is 13.7. The van der Waals surface area contributed by atoms with Crippen molar-refractivity contribution in [3.63, 3.8) is 0 Å². The molecule has 0 spiro atoms. The number of hydrogen-bond acceptors (Lipinski definition) is 5. The van der Waals surface area contributed by atoms with Crippen LogP contribution < -0.4 is 5.32 Å². The van der Waals surface area contributed by atoms with Gasteiger partial charge in [0.2, 0.25) is 5.91 Å². The Bertz CT molecular complexity index is 1120. The van der Waals surface area contributed by atoms with Gasteiger partial charge in [0, 0.05) is 17.4 Å². The molecule has 152 valence electrons. The van der Waals surface area contributed by atoms with E-state index in [1.807, 2.05) is 31.4 Å². The number of aryl methyl sites for hydroxylation is 2. The molecule has 0 bridgehead atoms. The molecule has 2 aromatic carbocycles. The number of benzene rings is 2. The average molecular weight is 433 g/mol. The number of nitrogens with one attached hydrogen (secondary N) is 1. The summed E-state index contributed by atoms with van der Waals surface area (Å²) in [6.45, 7) is 4.04. The summed E-state index contributed by atoms with van der Waals surface area (Å²) in [7, 11) is -3.55. The maximum Gasteiger partial charge on any atom is 0.226 e. The van der Waals surface area contributed by atoms with Crippen molar-refractivity contribution >= 4 is 32.2 Å². The Labute approximate surface area is 173 Å². The molecule has 0 saturated heterocycles. The van der Waals surface area contributed by atoms with Crippen molar-refractivity contribution in [3.8, 4) is 11.3 Å². The van der Waals surface area contributed by atoms with Crippen LogP contribution in [0.15, 0.2) is 52.7 Å². The fourth-order valence-corrected chi connectivity index (χ4v) is 4.96. The molecule has 0 atom stereocenters. The average Bonchev–Trinajstić information content (AvgIpc) is 3.10. The molecule has 1 heterocycles. The van der Waals surface area contributed by atoms with E-state index in [0.717, 1.165) is 29.0 Å². The van der Waals surface area contributed by atoms with Crippen LogP contribution in [0.1, 0.15) is 24.0 Å². The Morgan fingerprint density at radius 2 is 1.86 bits per heavy atom. The number of sulfone groups is 1. The number of anilines is 1. The normalized spacial score (nSPS) is 11.4. The number of carbonyl (C=O) groups is 1. The molecule has 0 saturated carbocycles. The molecule has 3 aromatic rings. The van der Waals surface area contributed by atoms with E-state index in [0.29, 0.717) is 5.13 Å². The molecule has 8 heteroatoms. The minimum atomic E-state index is -3.55. The van der Waals surface area contributed by atoms with Gasteiger partial charge in [0.1, 0.15) is 5.82 Å². The summed E-state index contributed by atoms with van der Waals surface area (Å²) in [5.41, 5.74) is 4.09. The number of thiazole rings is 1. The number of hydrogen-bond donors (Lipinski definition) is 1. The summed E-state index contributed by atoms with van der Waals surface area (Å²) in [4.78, 5) is 16.7. The maximum absolute atomic E-state index is 12.9. The van der Waals surface area contributed by atoms with Gasteiger partial charge in [-0.25, -0.2) is 17.8 Å². The Morgan fingerprint density at radius 3 is 2.55 bits per heavy atom. The van der Waals surface area contributed by atoms with Crippen LogP contribution in [0.5, 0.6) is 0 Å². The third-order valence-corrected chi connectivity index (χ3v) is 6.97. The van der Waals surface area contributed by atoms with Crippen LogP contribution in [0.4, 0.5) is 9.52 Å². The van der Waals surface area contributed by atoms with Crippen LogP contribution in [0, 0.1) is 19.7 Å². The molecule has 3 rings (SSSR count).